The summed E-state index contributed by atoms with van der Waals surface area (Å²) in [5, 5.41) is 2.93. The monoisotopic (exact) mass is 565 g/mol. The Balaban J connectivity index is 2.05. The number of carbonyl (C=O) groups excluding carboxylic acids is 2. The number of amides is 2. The first-order valence-corrected chi connectivity index (χ1v) is 14.6. The van der Waals surface area contributed by atoms with Gasteiger partial charge in [0.1, 0.15) is 18.3 Å². The Morgan fingerprint density at radius 1 is 0.925 bits per heavy atom. The molecular weight excluding hydrogens is 526 g/mol. The van der Waals surface area contributed by atoms with Gasteiger partial charge in [-0.1, -0.05) is 36.4 Å². The Morgan fingerprint density at radius 3 is 2.02 bits per heavy atom. The van der Waals surface area contributed by atoms with Crippen LogP contribution in [-0.4, -0.2) is 50.4 Å². The van der Waals surface area contributed by atoms with Gasteiger partial charge in [-0.05, 0) is 94.6 Å². The zero-order chi connectivity index (χ0) is 29.7. The van der Waals surface area contributed by atoms with Crippen LogP contribution in [-0.2, 0) is 26.2 Å². The highest BCUT2D eigenvalue weighted by atomic mass is 32.2. The zero-order valence-electron chi connectivity index (χ0n) is 24.3. The number of methoxy groups -OCH3 is 1. The molecule has 3 aromatic rings. The summed E-state index contributed by atoms with van der Waals surface area (Å²) >= 11 is 0. The first kappa shape index (κ1) is 30.7. The summed E-state index contributed by atoms with van der Waals surface area (Å²) in [5.74, 6) is -0.181. The van der Waals surface area contributed by atoms with Crippen LogP contribution in [0, 0.1) is 13.8 Å². The minimum Gasteiger partial charge on any atom is -0.497 e. The van der Waals surface area contributed by atoms with Gasteiger partial charge in [0, 0.05) is 12.1 Å². The number of anilines is 1. The first-order chi connectivity index (χ1) is 18.7. The Bertz CT molecular complexity index is 1410. The van der Waals surface area contributed by atoms with Crippen molar-refractivity contribution in [2.45, 2.75) is 64.6 Å². The van der Waals surface area contributed by atoms with Gasteiger partial charge >= 0.3 is 0 Å². The molecule has 0 aliphatic carbocycles. The molecule has 0 spiro atoms. The SMILES string of the molecule is COc1ccc(CN(C(=O)CN(c2cc(C)cc(C)c2)S(=O)(=O)c2ccccc2)[C@H](C)C(=O)NC(C)(C)C)cc1. The molecule has 40 heavy (non-hydrogen) atoms. The third-order valence-electron chi connectivity index (χ3n) is 6.28. The van der Waals surface area contributed by atoms with E-state index >= 15 is 0 Å². The standard InChI is InChI=1S/C31H39N3O5S/c1-22-17-23(2)19-26(18-22)34(40(37,38)28-11-9-8-10-12-28)21-29(35)33(24(3)30(36)32-31(4,5)6)20-25-13-15-27(39-7)16-14-25/h8-19,24H,20-21H2,1-7H3,(H,32,36)/t24-/m1/s1. The second-order valence-corrected chi connectivity index (χ2v) is 12.8. The topological polar surface area (TPSA) is 96.0 Å². The van der Waals surface area contributed by atoms with Crippen LogP contribution in [0.2, 0.25) is 0 Å². The largest absolute Gasteiger partial charge is 0.497 e. The summed E-state index contributed by atoms with van der Waals surface area (Å²) in [5.41, 5.74) is 2.37. The molecule has 1 atom stereocenters. The Labute approximate surface area is 238 Å². The van der Waals surface area contributed by atoms with Gasteiger partial charge in [-0.15, -0.1) is 0 Å². The molecule has 3 aromatic carbocycles. The van der Waals surface area contributed by atoms with Crippen molar-refractivity contribution < 1.29 is 22.7 Å². The molecule has 0 aliphatic heterocycles. The van der Waals surface area contributed by atoms with E-state index in [-0.39, 0.29) is 17.3 Å². The van der Waals surface area contributed by atoms with Crippen molar-refractivity contribution >= 4 is 27.5 Å². The number of rotatable bonds is 10. The molecule has 9 heteroatoms. The lowest BCUT2D eigenvalue weighted by atomic mass is 10.1. The van der Waals surface area contributed by atoms with E-state index in [1.165, 1.54) is 17.0 Å². The lowest BCUT2D eigenvalue weighted by molar-refractivity contribution is -0.140. The predicted molar refractivity (Wildman–Crippen MR) is 158 cm³/mol. The Hall–Kier alpha value is -3.85. The molecule has 0 saturated carbocycles. The molecule has 0 radical (unpaired) electrons. The van der Waals surface area contributed by atoms with Gasteiger partial charge < -0.3 is 15.0 Å². The molecule has 214 valence electrons. The number of hydrogen-bond donors (Lipinski definition) is 1. The Morgan fingerprint density at radius 2 is 1.50 bits per heavy atom. The van der Waals surface area contributed by atoms with Crippen LogP contribution in [0.5, 0.6) is 5.75 Å². The van der Waals surface area contributed by atoms with Crippen LogP contribution < -0.4 is 14.4 Å². The van der Waals surface area contributed by atoms with Gasteiger partial charge in [-0.25, -0.2) is 8.42 Å². The van der Waals surface area contributed by atoms with Crippen molar-refractivity contribution in [2.75, 3.05) is 18.0 Å². The van der Waals surface area contributed by atoms with Crippen LogP contribution in [0.3, 0.4) is 0 Å². The molecule has 0 aromatic heterocycles. The van der Waals surface area contributed by atoms with Crippen LogP contribution in [0.15, 0.2) is 77.7 Å². The quantitative estimate of drug-likeness (QED) is 0.380. The summed E-state index contributed by atoms with van der Waals surface area (Å²) in [6.07, 6.45) is 0. The number of aryl methyl sites for hydroxylation is 2. The molecule has 3 rings (SSSR count). The average molecular weight is 566 g/mol. The van der Waals surface area contributed by atoms with Gasteiger partial charge in [0.25, 0.3) is 10.0 Å². The molecule has 0 unspecified atom stereocenters. The average Bonchev–Trinajstić information content (AvgIpc) is 2.89. The van der Waals surface area contributed by atoms with Crippen LogP contribution in [0.4, 0.5) is 5.69 Å². The predicted octanol–water partition coefficient (Wildman–Crippen LogP) is 4.84. The zero-order valence-corrected chi connectivity index (χ0v) is 25.1. The molecule has 0 aliphatic rings. The maximum Gasteiger partial charge on any atom is 0.264 e. The van der Waals surface area contributed by atoms with E-state index < -0.39 is 34.1 Å². The lowest BCUT2D eigenvalue weighted by Crippen LogP contribution is -2.54. The van der Waals surface area contributed by atoms with Crippen molar-refractivity contribution in [2.24, 2.45) is 0 Å². The molecule has 0 heterocycles. The third kappa shape index (κ3) is 7.85. The van der Waals surface area contributed by atoms with E-state index in [2.05, 4.69) is 5.32 Å². The number of benzene rings is 3. The molecule has 1 N–H and O–H groups in total. The highest BCUT2D eigenvalue weighted by Gasteiger charge is 2.33. The second kappa shape index (κ2) is 12.6. The lowest BCUT2D eigenvalue weighted by Gasteiger charge is -2.33. The highest BCUT2D eigenvalue weighted by molar-refractivity contribution is 7.92. The number of nitrogens with one attached hydrogen (secondary N) is 1. The summed E-state index contributed by atoms with van der Waals surface area (Å²) < 4.78 is 34.2. The second-order valence-electron chi connectivity index (χ2n) is 11.0. The fourth-order valence-electron chi connectivity index (χ4n) is 4.33. The summed E-state index contributed by atoms with van der Waals surface area (Å²) in [6.45, 7) is 10.6. The number of hydrogen-bond acceptors (Lipinski definition) is 5. The van der Waals surface area contributed by atoms with E-state index in [4.69, 9.17) is 4.74 Å². The van der Waals surface area contributed by atoms with Crippen molar-refractivity contribution in [3.05, 3.63) is 89.5 Å². The third-order valence-corrected chi connectivity index (χ3v) is 8.07. The highest BCUT2D eigenvalue weighted by Crippen LogP contribution is 2.27. The van der Waals surface area contributed by atoms with Gasteiger partial charge in [0.15, 0.2) is 0 Å². The molecule has 8 nitrogen and oxygen atoms in total. The summed E-state index contributed by atoms with van der Waals surface area (Å²) in [6, 6.07) is 19.8. The fourth-order valence-corrected chi connectivity index (χ4v) is 5.75. The van der Waals surface area contributed by atoms with Gasteiger partial charge in [-0.2, -0.15) is 0 Å². The minimum atomic E-state index is -4.10. The summed E-state index contributed by atoms with van der Waals surface area (Å²) in [4.78, 5) is 28.7. The van der Waals surface area contributed by atoms with E-state index in [0.717, 1.165) is 21.0 Å². The summed E-state index contributed by atoms with van der Waals surface area (Å²) in [7, 11) is -2.54. The minimum absolute atomic E-state index is 0.0715. The molecule has 2 amide bonds. The van der Waals surface area contributed by atoms with Crippen LogP contribution >= 0.6 is 0 Å². The van der Waals surface area contributed by atoms with E-state index in [0.29, 0.717) is 11.4 Å². The molecule has 0 bridgehead atoms. The maximum absolute atomic E-state index is 14.0. The van der Waals surface area contributed by atoms with Crippen molar-refractivity contribution in [3.63, 3.8) is 0 Å². The fraction of sp³-hybridized carbons (Fsp3) is 0.355. The van der Waals surface area contributed by atoms with Gasteiger partial charge in [0.2, 0.25) is 11.8 Å². The number of sulfonamides is 1. The number of carbonyl (C=O) groups is 2. The molecule has 0 fully saturated rings. The maximum atomic E-state index is 14.0. The number of ether oxygens (including phenoxy) is 1. The van der Waals surface area contributed by atoms with E-state index in [9.17, 15) is 18.0 Å². The van der Waals surface area contributed by atoms with Crippen LogP contribution in [0.1, 0.15) is 44.4 Å². The smallest absolute Gasteiger partial charge is 0.264 e. The van der Waals surface area contributed by atoms with Gasteiger partial charge in [0.05, 0.1) is 17.7 Å². The van der Waals surface area contributed by atoms with E-state index in [1.807, 2.05) is 52.8 Å². The van der Waals surface area contributed by atoms with Crippen molar-refractivity contribution in [3.8, 4) is 5.75 Å². The molecule has 0 saturated heterocycles. The normalized spacial score (nSPS) is 12.4. The van der Waals surface area contributed by atoms with Crippen LogP contribution in [0.25, 0.3) is 0 Å². The number of nitrogens with zero attached hydrogens (tertiary/aromatic N) is 2. The van der Waals surface area contributed by atoms with Crippen molar-refractivity contribution in [1.82, 2.24) is 10.2 Å². The van der Waals surface area contributed by atoms with E-state index in [1.54, 1.807) is 56.5 Å². The van der Waals surface area contributed by atoms with Gasteiger partial charge in [-0.3, -0.25) is 13.9 Å². The molecular formula is C31H39N3O5S. The Kier molecular flexibility index (Phi) is 9.63. The first-order valence-electron chi connectivity index (χ1n) is 13.1. The van der Waals surface area contributed by atoms with Crippen molar-refractivity contribution in [1.29, 1.82) is 0 Å².